The minimum Gasteiger partial charge on any atom is -0.435 e. The van der Waals surface area contributed by atoms with E-state index in [9.17, 15) is 4.79 Å². The summed E-state index contributed by atoms with van der Waals surface area (Å²) in [5.41, 5.74) is 3.21. The molecule has 0 unspecified atom stereocenters. The maximum atomic E-state index is 15.2. The zero-order chi connectivity index (χ0) is 21.9. The molecule has 4 aromatic rings. The number of anilines is 1. The molecule has 1 amide bonds. The first-order valence-corrected chi connectivity index (χ1v) is 10.4. The van der Waals surface area contributed by atoms with Gasteiger partial charge in [0, 0.05) is 41.8 Å². The third kappa shape index (κ3) is 3.02. The number of aromatic nitrogens is 5. The van der Waals surface area contributed by atoms with E-state index in [-0.39, 0.29) is 16.6 Å². The molecule has 0 saturated heterocycles. The molecule has 1 aliphatic heterocycles. The van der Waals surface area contributed by atoms with Crippen molar-refractivity contribution in [3.05, 3.63) is 59.6 Å². The summed E-state index contributed by atoms with van der Waals surface area (Å²) >= 11 is 0. The Morgan fingerprint density at radius 2 is 2.12 bits per heavy atom. The van der Waals surface area contributed by atoms with Gasteiger partial charge in [-0.1, -0.05) is 6.92 Å². The normalized spacial score (nSPS) is 16.2. The highest BCUT2D eigenvalue weighted by Gasteiger charge is 2.40. The molecule has 0 radical (unpaired) electrons. The van der Waals surface area contributed by atoms with Crippen LogP contribution in [-0.2, 0) is 18.5 Å². The molecular formula is C22H20FN7O2. The molecule has 6 rings (SSSR count). The van der Waals surface area contributed by atoms with Crippen LogP contribution in [0.4, 0.5) is 15.0 Å². The summed E-state index contributed by atoms with van der Waals surface area (Å²) in [6, 6.07) is 6.11. The number of rotatable bonds is 4. The highest BCUT2D eigenvalue weighted by Crippen LogP contribution is 2.47. The fourth-order valence-electron chi connectivity index (χ4n) is 4.00. The molecule has 1 aliphatic carbocycles. The molecule has 3 N–H and O–H groups in total. The van der Waals surface area contributed by atoms with Crippen molar-refractivity contribution in [3.8, 4) is 11.6 Å². The van der Waals surface area contributed by atoms with E-state index in [0.717, 1.165) is 29.8 Å². The Labute approximate surface area is 182 Å². The van der Waals surface area contributed by atoms with Crippen LogP contribution < -0.4 is 15.4 Å². The van der Waals surface area contributed by atoms with Crippen molar-refractivity contribution in [3.63, 3.8) is 0 Å². The number of hydrogen-bond acceptors (Lipinski definition) is 6. The molecular weight excluding hydrogens is 413 g/mol. The molecule has 3 aromatic heterocycles. The zero-order valence-corrected chi connectivity index (χ0v) is 17.3. The molecule has 32 heavy (non-hydrogen) atoms. The molecule has 0 spiro atoms. The lowest BCUT2D eigenvalue weighted by atomic mass is 10.1. The summed E-state index contributed by atoms with van der Waals surface area (Å²) in [5.74, 6) is 0.245. The van der Waals surface area contributed by atoms with E-state index in [1.54, 1.807) is 12.1 Å². The van der Waals surface area contributed by atoms with Crippen molar-refractivity contribution in [2.75, 3.05) is 5.32 Å². The Kier molecular flexibility index (Phi) is 4.06. The zero-order valence-electron chi connectivity index (χ0n) is 17.3. The van der Waals surface area contributed by atoms with Crippen LogP contribution in [0, 0.1) is 5.82 Å². The molecule has 10 heteroatoms. The average Bonchev–Trinajstić information content (AvgIpc) is 3.22. The molecule has 0 atom stereocenters. The van der Waals surface area contributed by atoms with Gasteiger partial charge in [0.15, 0.2) is 17.4 Å². The van der Waals surface area contributed by atoms with Crippen LogP contribution in [0.1, 0.15) is 36.7 Å². The molecule has 4 heterocycles. The number of fused-ring (bicyclic) bond motifs is 2. The number of carbonyl (C=O) groups excluding carboxylic acids is 1. The largest absolute Gasteiger partial charge is 0.435 e. The fourth-order valence-corrected chi connectivity index (χ4v) is 4.00. The molecule has 0 bridgehead atoms. The summed E-state index contributed by atoms with van der Waals surface area (Å²) in [6.07, 6.45) is 5.13. The Hall–Kier alpha value is -3.79. The lowest BCUT2D eigenvalue weighted by molar-refractivity contribution is 0.254. The molecule has 1 aromatic carbocycles. The number of halogens is 1. The quantitative estimate of drug-likeness (QED) is 0.451. The second kappa shape index (κ2) is 6.86. The SMILES string of the molecule is CC1(c2cc(NC(=O)n3ccc4c(F)c(Oc5ncnc6c5CNC6)ccc43)n[nH]2)CC1. The van der Waals surface area contributed by atoms with Crippen molar-refractivity contribution in [2.24, 2.45) is 0 Å². The first-order chi connectivity index (χ1) is 15.5. The van der Waals surface area contributed by atoms with Gasteiger partial charge in [-0.3, -0.25) is 15.0 Å². The molecule has 1 fully saturated rings. The van der Waals surface area contributed by atoms with Gasteiger partial charge < -0.3 is 10.1 Å². The number of amides is 1. The third-order valence-electron chi connectivity index (χ3n) is 6.25. The Morgan fingerprint density at radius 3 is 2.97 bits per heavy atom. The van der Waals surface area contributed by atoms with Crippen LogP contribution in [0.5, 0.6) is 11.6 Å². The van der Waals surface area contributed by atoms with Crippen molar-refractivity contribution in [2.45, 2.75) is 38.3 Å². The molecule has 2 aliphatic rings. The number of carbonyl (C=O) groups is 1. The van der Waals surface area contributed by atoms with Gasteiger partial charge in [-0.25, -0.2) is 19.2 Å². The lowest BCUT2D eigenvalue weighted by Crippen LogP contribution is -2.18. The fraction of sp³-hybridized carbons (Fsp3) is 0.273. The standard InChI is InChI=1S/C22H20FN7O2/c1-22(5-6-22)17-8-18(29-28-17)27-21(31)30-7-4-12-15(30)2-3-16(19(12)23)32-20-13-9-24-10-14(13)25-11-26-20/h2-4,7-8,11,24H,5-6,9-10H2,1H3,(H2,27,28,29,31). The van der Waals surface area contributed by atoms with Crippen LogP contribution in [0.2, 0.25) is 0 Å². The number of aromatic amines is 1. The molecule has 1 saturated carbocycles. The van der Waals surface area contributed by atoms with E-state index in [0.29, 0.717) is 30.3 Å². The highest BCUT2D eigenvalue weighted by molar-refractivity contribution is 5.98. The van der Waals surface area contributed by atoms with Gasteiger partial charge >= 0.3 is 6.03 Å². The summed E-state index contributed by atoms with van der Waals surface area (Å²) in [4.78, 5) is 21.2. The van der Waals surface area contributed by atoms with Crippen molar-refractivity contribution in [1.29, 1.82) is 0 Å². The molecule has 9 nitrogen and oxygen atoms in total. The number of nitrogens with one attached hydrogen (secondary N) is 3. The number of H-pyrrole nitrogens is 1. The van der Waals surface area contributed by atoms with Gasteiger partial charge in [-0.05, 0) is 31.0 Å². The summed E-state index contributed by atoms with van der Waals surface area (Å²) in [5, 5.41) is 13.4. The van der Waals surface area contributed by atoms with Gasteiger partial charge in [0.1, 0.15) is 6.33 Å². The minimum atomic E-state index is -0.559. The van der Waals surface area contributed by atoms with E-state index >= 15 is 4.39 Å². The Balaban J connectivity index is 1.26. The van der Waals surface area contributed by atoms with Crippen LogP contribution in [0.15, 0.2) is 36.8 Å². The predicted molar refractivity (Wildman–Crippen MR) is 114 cm³/mol. The van der Waals surface area contributed by atoms with Crippen LogP contribution in [0.25, 0.3) is 10.9 Å². The summed E-state index contributed by atoms with van der Waals surface area (Å²) in [7, 11) is 0. The van der Waals surface area contributed by atoms with E-state index < -0.39 is 11.8 Å². The second-order valence-electron chi connectivity index (χ2n) is 8.46. The molecule has 162 valence electrons. The van der Waals surface area contributed by atoms with E-state index in [1.807, 2.05) is 6.07 Å². The van der Waals surface area contributed by atoms with Crippen molar-refractivity contribution in [1.82, 2.24) is 30.0 Å². The topological polar surface area (TPSA) is 110 Å². The van der Waals surface area contributed by atoms with Gasteiger partial charge in [0.2, 0.25) is 5.88 Å². The first-order valence-electron chi connectivity index (χ1n) is 10.4. The first kappa shape index (κ1) is 18.9. The third-order valence-corrected chi connectivity index (χ3v) is 6.25. The van der Waals surface area contributed by atoms with Gasteiger partial charge in [-0.2, -0.15) is 5.10 Å². The Morgan fingerprint density at radius 1 is 1.25 bits per heavy atom. The van der Waals surface area contributed by atoms with Crippen LogP contribution in [0.3, 0.4) is 0 Å². The maximum Gasteiger partial charge on any atom is 0.331 e. The second-order valence-corrected chi connectivity index (χ2v) is 8.46. The maximum absolute atomic E-state index is 15.2. The summed E-state index contributed by atoms with van der Waals surface area (Å²) in [6.45, 7) is 3.35. The number of nitrogens with zero attached hydrogens (tertiary/aromatic N) is 4. The number of ether oxygens (including phenoxy) is 1. The predicted octanol–water partition coefficient (Wildman–Crippen LogP) is 3.82. The Bertz CT molecular complexity index is 1370. The average molecular weight is 433 g/mol. The smallest absolute Gasteiger partial charge is 0.331 e. The highest BCUT2D eigenvalue weighted by atomic mass is 19.1. The van der Waals surface area contributed by atoms with Crippen LogP contribution in [-0.4, -0.2) is 30.8 Å². The van der Waals surface area contributed by atoms with Gasteiger partial charge in [0.05, 0.1) is 16.8 Å². The van der Waals surface area contributed by atoms with Gasteiger partial charge in [0.25, 0.3) is 0 Å². The number of benzene rings is 1. The van der Waals surface area contributed by atoms with E-state index in [1.165, 1.54) is 23.2 Å². The van der Waals surface area contributed by atoms with Crippen molar-refractivity contribution >= 4 is 22.8 Å². The van der Waals surface area contributed by atoms with Crippen LogP contribution >= 0.6 is 0 Å². The minimum absolute atomic E-state index is 0.0399. The monoisotopic (exact) mass is 433 g/mol. The summed E-state index contributed by atoms with van der Waals surface area (Å²) < 4.78 is 22.3. The van der Waals surface area contributed by atoms with Gasteiger partial charge in [-0.15, -0.1) is 0 Å². The van der Waals surface area contributed by atoms with Crippen molar-refractivity contribution < 1.29 is 13.9 Å². The van der Waals surface area contributed by atoms with E-state index in [2.05, 4.69) is 37.7 Å². The van der Waals surface area contributed by atoms with E-state index in [4.69, 9.17) is 4.74 Å². The lowest BCUT2D eigenvalue weighted by Gasteiger charge is -2.10. The number of hydrogen-bond donors (Lipinski definition) is 3.